The lowest BCUT2D eigenvalue weighted by Crippen LogP contribution is -2.38. The van der Waals surface area contributed by atoms with Gasteiger partial charge in [-0.25, -0.2) is 0 Å². The Bertz CT molecular complexity index is 605. The van der Waals surface area contributed by atoms with Crippen molar-refractivity contribution in [2.24, 2.45) is 5.41 Å². The molecule has 5 heteroatoms. The average Bonchev–Trinajstić information content (AvgIpc) is 2.60. The molecule has 0 aromatic heterocycles. The third-order valence-corrected chi connectivity index (χ3v) is 5.31. The Morgan fingerprint density at radius 1 is 1.20 bits per heavy atom. The van der Waals surface area contributed by atoms with Crippen molar-refractivity contribution in [1.82, 2.24) is 0 Å². The highest BCUT2D eigenvalue weighted by Crippen LogP contribution is 2.38. The molecule has 0 amide bonds. The number of hydrogen-bond acceptors (Lipinski definition) is 4. The summed E-state index contributed by atoms with van der Waals surface area (Å²) >= 11 is 3.37. The van der Waals surface area contributed by atoms with Crippen molar-refractivity contribution in [3.05, 3.63) is 29.8 Å². The smallest absolute Gasteiger partial charge is 0.302 e. The standard InChI is InChI=1S/C20H27BrO4/c1-14(22)24-13-20(2,3)18(23)19(21)25-17-12-8-7-11-16(17)15-9-5-4-6-10-15/h7-8,11-12,15,19H,4-6,9-10,13H2,1-3H3. The molecular weight excluding hydrogens is 384 g/mol. The molecule has 0 N–H and O–H groups in total. The summed E-state index contributed by atoms with van der Waals surface area (Å²) in [5, 5.41) is -0.775. The van der Waals surface area contributed by atoms with Gasteiger partial charge in [0.1, 0.15) is 12.4 Å². The Morgan fingerprint density at radius 2 is 1.84 bits per heavy atom. The topological polar surface area (TPSA) is 52.6 Å². The fourth-order valence-electron chi connectivity index (χ4n) is 3.16. The summed E-state index contributed by atoms with van der Waals surface area (Å²) in [6, 6.07) is 7.96. The minimum Gasteiger partial charge on any atom is -0.471 e. The summed E-state index contributed by atoms with van der Waals surface area (Å²) in [4.78, 5) is 23.7. The number of carbonyl (C=O) groups excluding carboxylic acids is 2. The predicted octanol–water partition coefficient (Wildman–Crippen LogP) is 4.99. The van der Waals surface area contributed by atoms with E-state index in [-0.39, 0.29) is 12.4 Å². The molecule has 0 bridgehead atoms. The van der Waals surface area contributed by atoms with Gasteiger partial charge in [-0.15, -0.1) is 0 Å². The van der Waals surface area contributed by atoms with Crippen molar-refractivity contribution < 1.29 is 19.1 Å². The lowest BCUT2D eigenvalue weighted by Gasteiger charge is -2.28. The van der Waals surface area contributed by atoms with Gasteiger partial charge in [0.25, 0.3) is 0 Å². The van der Waals surface area contributed by atoms with Crippen LogP contribution in [0.2, 0.25) is 0 Å². The Labute approximate surface area is 158 Å². The molecule has 1 fully saturated rings. The molecule has 1 unspecified atom stereocenters. The van der Waals surface area contributed by atoms with Crippen LogP contribution in [-0.4, -0.2) is 23.4 Å². The molecule has 1 aromatic rings. The molecule has 0 radical (unpaired) electrons. The first-order chi connectivity index (χ1) is 11.8. The minimum absolute atomic E-state index is 0.0386. The van der Waals surface area contributed by atoms with Crippen LogP contribution in [0.3, 0.4) is 0 Å². The van der Waals surface area contributed by atoms with Crippen LogP contribution >= 0.6 is 15.9 Å². The van der Waals surface area contributed by atoms with Crippen LogP contribution in [0.15, 0.2) is 24.3 Å². The maximum Gasteiger partial charge on any atom is 0.302 e. The van der Waals surface area contributed by atoms with Gasteiger partial charge in [-0.05, 0) is 60.2 Å². The molecule has 4 nitrogen and oxygen atoms in total. The van der Waals surface area contributed by atoms with Crippen molar-refractivity contribution in [2.75, 3.05) is 6.61 Å². The molecule has 1 aliphatic carbocycles. The van der Waals surface area contributed by atoms with E-state index >= 15 is 0 Å². The van der Waals surface area contributed by atoms with E-state index < -0.39 is 16.4 Å². The highest BCUT2D eigenvalue weighted by Gasteiger charge is 2.35. The van der Waals surface area contributed by atoms with Gasteiger partial charge in [0.05, 0.1) is 5.41 Å². The second-order valence-corrected chi connectivity index (χ2v) is 8.17. The molecule has 0 heterocycles. The Balaban J connectivity index is 2.08. The molecule has 1 saturated carbocycles. The van der Waals surface area contributed by atoms with E-state index in [0.29, 0.717) is 5.92 Å². The number of Topliss-reactive ketones (excluding diaryl/α,β-unsaturated/α-hetero) is 1. The van der Waals surface area contributed by atoms with Crippen molar-refractivity contribution in [3.8, 4) is 5.75 Å². The summed E-state index contributed by atoms with van der Waals surface area (Å²) in [6.07, 6.45) is 6.11. The monoisotopic (exact) mass is 410 g/mol. The van der Waals surface area contributed by atoms with Gasteiger partial charge in [-0.1, -0.05) is 37.5 Å². The maximum atomic E-state index is 12.7. The van der Waals surface area contributed by atoms with Crippen molar-refractivity contribution in [1.29, 1.82) is 0 Å². The van der Waals surface area contributed by atoms with Gasteiger partial charge in [0.15, 0.2) is 5.78 Å². The van der Waals surface area contributed by atoms with Gasteiger partial charge in [0, 0.05) is 6.92 Å². The summed E-state index contributed by atoms with van der Waals surface area (Å²) < 4.78 is 11.0. The molecule has 1 aromatic carbocycles. The number of para-hydroxylation sites is 1. The SMILES string of the molecule is CC(=O)OCC(C)(C)C(=O)C(Br)Oc1ccccc1C1CCCCC1. The second kappa shape index (κ2) is 8.84. The van der Waals surface area contributed by atoms with Crippen LogP contribution in [0.1, 0.15) is 64.4 Å². The largest absolute Gasteiger partial charge is 0.471 e. The molecule has 0 spiro atoms. The van der Waals surface area contributed by atoms with E-state index in [4.69, 9.17) is 9.47 Å². The number of esters is 1. The molecule has 2 rings (SSSR count). The van der Waals surface area contributed by atoms with Crippen LogP contribution in [-0.2, 0) is 14.3 Å². The van der Waals surface area contributed by atoms with Gasteiger partial charge >= 0.3 is 5.97 Å². The highest BCUT2D eigenvalue weighted by molar-refractivity contribution is 9.09. The molecule has 0 saturated heterocycles. The van der Waals surface area contributed by atoms with E-state index in [9.17, 15) is 9.59 Å². The third-order valence-electron chi connectivity index (χ3n) is 4.70. The third kappa shape index (κ3) is 5.56. The van der Waals surface area contributed by atoms with Crippen LogP contribution in [0, 0.1) is 5.41 Å². The van der Waals surface area contributed by atoms with Gasteiger partial charge in [0.2, 0.25) is 5.01 Å². The number of benzene rings is 1. The normalized spacial score (nSPS) is 17.0. The molecule has 0 aliphatic heterocycles. The second-order valence-electron chi connectivity index (χ2n) is 7.34. The number of halogens is 1. The molecular formula is C20H27BrO4. The fourth-order valence-corrected chi connectivity index (χ4v) is 3.99. The number of carbonyl (C=O) groups is 2. The summed E-state index contributed by atoms with van der Waals surface area (Å²) in [7, 11) is 0. The Morgan fingerprint density at radius 3 is 2.48 bits per heavy atom. The van der Waals surface area contributed by atoms with Crippen LogP contribution in [0.25, 0.3) is 0 Å². The number of ketones is 1. The van der Waals surface area contributed by atoms with E-state index in [1.54, 1.807) is 13.8 Å². The highest BCUT2D eigenvalue weighted by atomic mass is 79.9. The summed E-state index contributed by atoms with van der Waals surface area (Å²) in [5.41, 5.74) is 0.358. The summed E-state index contributed by atoms with van der Waals surface area (Å²) in [5.74, 6) is 0.712. The molecule has 138 valence electrons. The number of rotatable bonds is 7. The molecule has 25 heavy (non-hydrogen) atoms. The fraction of sp³-hybridized carbons (Fsp3) is 0.600. The number of ether oxygens (including phenoxy) is 2. The van der Waals surface area contributed by atoms with Crippen molar-refractivity contribution in [2.45, 2.75) is 63.8 Å². The van der Waals surface area contributed by atoms with Crippen LogP contribution in [0.5, 0.6) is 5.75 Å². The zero-order valence-corrected chi connectivity index (χ0v) is 16.8. The van der Waals surface area contributed by atoms with E-state index in [1.807, 2.05) is 18.2 Å². The van der Waals surface area contributed by atoms with E-state index in [1.165, 1.54) is 44.6 Å². The Hall–Kier alpha value is -1.36. The lowest BCUT2D eigenvalue weighted by molar-refractivity contribution is -0.147. The van der Waals surface area contributed by atoms with E-state index in [2.05, 4.69) is 22.0 Å². The van der Waals surface area contributed by atoms with Gasteiger partial charge in [-0.2, -0.15) is 0 Å². The molecule has 1 atom stereocenters. The minimum atomic E-state index is -0.820. The van der Waals surface area contributed by atoms with E-state index in [0.717, 1.165) is 5.75 Å². The lowest BCUT2D eigenvalue weighted by atomic mass is 9.83. The summed E-state index contributed by atoms with van der Waals surface area (Å²) in [6.45, 7) is 4.88. The van der Waals surface area contributed by atoms with Crippen molar-refractivity contribution >= 4 is 27.7 Å². The van der Waals surface area contributed by atoms with Crippen molar-refractivity contribution in [3.63, 3.8) is 0 Å². The van der Waals surface area contributed by atoms with Crippen LogP contribution in [0.4, 0.5) is 0 Å². The van der Waals surface area contributed by atoms with Gasteiger partial charge in [-0.3, -0.25) is 9.59 Å². The first-order valence-electron chi connectivity index (χ1n) is 8.88. The molecule has 1 aliphatic rings. The zero-order chi connectivity index (χ0) is 18.4. The first kappa shape index (κ1) is 20.0. The number of alkyl halides is 1. The first-order valence-corrected chi connectivity index (χ1v) is 9.80. The quantitative estimate of drug-likeness (QED) is 0.469. The average molecular weight is 411 g/mol. The van der Waals surface area contributed by atoms with Crippen LogP contribution < -0.4 is 4.74 Å². The maximum absolute atomic E-state index is 12.7. The Kier molecular flexibility index (Phi) is 7.05. The predicted molar refractivity (Wildman–Crippen MR) is 101 cm³/mol. The van der Waals surface area contributed by atoms with Gasteiger partial charge < -0.3 is 9.47 Å². The zero-order valence-electron chi connectivity index (χ0n) is 15.2. The number of hydrogen-bond donors (Lipinski definition) is 0.